The van der Waals surface area contributed by atoms with Crippen LogP contribution >= 0.6 is 11.3 Å². The largest absolute Gasteiger partial charge is 0.491 e. The maximum atomic E-state index is 15.6. The van der Waals surface area contributed by atoms with Gasteiger partial charge in [-0.1, -0.05) is 6.92 Å². The molecule has 2 atom stereocenters. The Morgan fingerprint density at radius 1 is 1.22 bits per heavy atom. The Labute approximate surface area is 210 Å². The summed E-state index contributed by atoms with van der Waals surface area (Å²) >= 11 is 1.42. The molecule has 12 heteroatoms. The van der Waals surface area contributed by atoms with Crippen molar-refractivity contribution in [2.45, 2.75) is 45.1 Å². The van der Waals surface area contributed by atoms with E-state index >= 15 is 4.39 Å². The number of hydrogen-bond donors (Lipinski definition) is 2. The average Bonchev–Trinajstić information content (AvgIpc) is 3.36. The number of ether oxygens (including phenoxy) is 2. The lowest BCUT2D eigenvalue weighted by molar-refractivity contribution is -0.145. The Bertz CT molecular complexity index is 1150. The summed E-state index contributed by atoms with van der Waals surface area (Å²) in [6.07, 6.45) is 0.0485. The summed E-state index contributed by atoms with van der Waals surface area (Å²) in [5.41, 5.74) is 1.13. The number of benzene rings is 1. The maximum Gasteiger partial charge on any atom is 0.451 e. The highest BCUT2D eigenvalue weighted by atomic mass is 32.1. The van der Waals surface area contributed by atoms with Gasteiger partial charge in [0.15, 0.2) is 0 Å². The van der Waals surface area contributed by atoms with E-state index in [4.69, 9.17) is 9.47 Å². The molecular weight excluding hydrogens is 498 g/mol. The van der Waals surface area contributed by atoms with Crippen molar-refractivity contribution in [3.05, 3.63) is 58.4 Å². The van der Waals surface area contributed by atoms with E-state index in [1.54, 1.807) is 25.3 Å². The first-order valence-corrected chi connectivity index (χ1v) is 12.4. The lowest BCUT2D eigenvalue weighted by atomic mass is 10.1. The van der Waals surface area contributed by atoms with Gasteiger partial charge < -0.3 is 20.1 Å². The minimum Gasteiger partial charge on any atom is -0.491 e. The monoisotopic (exact) mass is 525 g/mol. The van der Waals surface area contributed by atoms with E-state index in [0.717, 1.165) is 30.2 Å². The molecule has 0 saturated carbocycles. The average molecular weight is 526 g/mol. The molecule has 7 nitrogen and oxygen atoms in total. The van der Waals surface area contributed by atoms with Crippen molar-refractivity contribution in [1.29, 1.82) is 0 Å². The lowest BCUT2D eigenvalue weighted by Gasteiger charge is -2.24. The van der Waals surface area contributed by atoms with E-state index < -0.39 is 23.9 Å². The Kier molecular flexibility index (Phi) is 8.50. The second kappa shape index (κ2) is 11.6. The number of halogens is 4. The van der Waals surface area contributed by atoms with Crippen molar-refractivity contribution < 1.29 is 27.0 Å². The van der Waals surface area contributed by atoms with Gasteiger partial charge in [-0.15, -0.1) is 11.3 Å². The van der Waals surface area contributed by atoms with Crippen LogP contribution in [0.5, 0.6) is 5.75 Å². The molecule has 1 saturated heterocycles. The quantitative estimate of drug-likeness (QED) is 0.397. The van der Waals surface area contributed by atoms with Gasteiger partial charge in [0, 0.05) is 60.3 Å². The Morgan fingerprint density at radius 2 is 2.00 bits per heavy atom. The van der Waals surface area contributed by atoms with Crippen molar-refractivity contribution in [2.75, 3.05) is 26.3 Å². The summed E-state index contributed by atoms with van der Waals surface area (Å²) < 4.78 is 65.4. The first kappa shape index (κ1) is 26.4. The van der Waals surface area contributed by atoms with Crippen molar-refractivity contribution >= 4 is 11.3 Å². The molecule has 0 bridgehead atoms. The molecule has 194 valence electrons. The summed E-state index contributed by atoms with van der Waals surface area (Å²) in [6.45, 7) is 6.22. The highest BCUT2D eigenvalue weighted by Gasteiger charge is 2.34. The fraction of sp³-hybridized carbons (Fsp3) is 0.458. The molecule has 0 spiro atoms. The van der Waals surface area contributed by atoms with Crippen LogP contribution < -0.4 is 15.4 Å². The molecule has 2 N–H and O–H groups in total. The van der Waals surface area contributed by atoms with Gasteiger partial charge in [-0.05, 0) is 25.5 Å². The second-order valence-electron chi connectivity index (χ2n) is 8.38. The van der Waals surface area contributed by atoms with E-state index in [-0.39, 0.29) is 12.6 Å². The molecule has 1 fully saturated rings. The van der Waals surface area contributed by atoms with Gasteiger partial charge in [0.1, 0.15) is 29.3 Å². The molecule has 3 heterocycles. The third-order valence-corrected chi connectivity index (χ3v) is 6.89. The van der Waals surface area contributed by atoms with Gasteiger partial charge in [0.2, 0.25) is 5.82 Å². The zero-order chi connectivity index (χ0) is 25.7. The maximum absolute atomic E-state index is 15.6. The van der Waals surface area contributed by atoms with Gasteiger partial charge in [-0.2, -0.15) is 13.2 Å². The van der Waals surface area contributed by atoms with E-state index in [9.17, 15) is 13.2 Å². The second-order valence-corrected chi connectivity index (χ2v) is 9.49. The lowest BCUT2D eigenvalue weighted by Crippen LogP contribution is -2.41. The van der Waals surface area contributed by atoms with Crippen molar-refractivity contribution in [1.82, 2.24) is 25.6 Å². The third kappa shape index (κ3) is 6.55. The number of aryl methyl sites for hydroxylation is 1. The number of rotatable bonds is 9. The minimum absolute atomic E-state index is 0.103. The van der Waals surface area contributed by atoms with Gasteiger partial charge in [0.25, 0.3) is 0 Å². The molecule has 1 aliphatic heterocycles. The van der Waals surface area contributed by atoms with E-state index in [1.807, 2.05) is 6.92 Å². The molecule has 0 aliphatic carbocycles. The summed E-state index contributed by atoms with van der Waals surface area (Å²) in [4.78, 5) is 12.2. The van der Waals surface area contributed by atoms with E-state index in [2.05, 4.69) is 25.6 Å². The molecule has 0 radical (unpaired) electrons. The highest BCUT2D eigenvalue weighted by Crippen LogP contribution is 2.33. The number of nitrogens with one attached hydrogen (secondary N) is 2. The molecule has 2 aromatic heterocycles. The van der Waals surface area contributed by atoms with Gasteiger partial charge in [0.05, 0.1) is 12.2 Å². The van der Waals surface area contributed by atoms with Crippen LogP contribution in [-0.4, -0.2) is 47.4 Å². The van der Waals surface area contributed by atoms with Crippen molar-refractivity contribution in [3.63, 3.8) is 0 Å². The summed E-state index contributed by atoms with van der Waals surface area (Å²) in [6, 6.07) is 2.83. The summed E-state index contributed by atoms with van der Waals surface area (Å²) in [5, 5.41) is 6.93. The number of nitrogens with zero attached hydrogens (tertiary/aromatic N) is 3. The standard InChI is InChI=1S/C24H27F4N5O2S/c1-3-19-12-31-22(36-19)20-7-17(35-13-18-11-29-4-5-34-18)6-15(21(20)25)8-30-14(2)16-9-32-23(33-10-16)24(26,27)28/h6-7,9-10,12,14,18,29-30H,3-5,8,11,13H2,1-2H3/t14-,18-/m1/s1. The first-order valence-electron chi connectivity index (χ1n) is 11.6. The number of morpholine rings is 1. The molecular formula is C24H27F4N5O2S. The van der Waals surface area contributed by atoms with E-state index in [0.29, 0.717) is 47.2 Å². The van der Waals surface area contributed by atoms with Crippen LogP contribution in [0.25, 0.3) is 10.6 Å². The van der Waals surface area contributed by atoms with Crippen LogP contribution in [0.3, 0.4) is 0 Å². The summed E-state index contributed by atoms with van der Waals surface area (Å²) in [7, 11) is 0. The third-order valence-electron chi connectivity index (χ3n) is 5.72. The van der Waals surface area contributed by atoms with Gasteiger partial charge >= 0.3 is 6.18 Å². The molecule has 0 unspecified atom stereocenters. The fourth-order valence-corrected chi connectivity index (χ4v) is 4.49. The minimum atomic E-state index is -4.61. The molecule has 1 aromatic carbocycles. The fourth-order valence-electron chi connectivity index (χ4n) is 3.62. The molecule has 36 heavy (non-hydrogen) atoms. The van der Waals surface area contributed by atoms with Gasteiger partial charge in [-0.25, -0.2) is 19.3 Å². The van der Waals surface area contributed by atoms with Crippen LogP contribution in [0.2, 0.25) is 0 Å². The van der Waals surface area contributed by atoms with Crippen LogP contribution in [0.15, 0.2) is 30.7 Å². The Hall–Kier alpha value is -2.67. The van der Waals surface area contributed by atoms with Crippen LogP contribution in [0.4, 0.5) is 17.6 Å². The first-order chi connectivity index (χ1) is 17.2. The highest BCUT2D eigenvalue weighted by molar-refractivity contribution is 7.15. The predicted octanol–water partition coefficient (Wildman–Crippen LogP) is 4.54. The van der Waals surface area contributed by atoms with Crippen LogP contribution in [0.1, 0.15) is 41.7 Å². The zero-order valence-corrected chi connectivity index (χ0v) is 20.7. The van der Waals surface area contributed by atoms with Crippen molar-refractivity contribution in [3.8, 4) is 16.3 Å². The topological polar surface area (TPSA) is 81.2 Å². The molecule has 0 amide bonds. The Balaban J connectivity index is 1.53. The normalized spacial score (nSPS) is 17.2. The van der Waals surface area contributed by atoms with Crippen LogP contribution in [0, 0.1) is 5.82 Å². The number of aromatic nitrogens is 3. The van der Waals surface area contributed by atoms with Crippen LogP contribution in [-0.2, 0) is 23.9 Å². The predicted molar refractivity (Wildman–Crippen MR) is 127 cm³/mol. The van der Waals surface area contributed by atoms with Gasteiger partial charge in [-0.3, -0.25) is 0 Å². The SMILES string of the molecule is CCc1cnc(-c2cc(OC[C@H]3CNCCO3)cc(CN[C@H](C)c3cnc(C(F)(F)F)nc3)c2F)s1. The Morgan fingerprint density at radius 3 is 2.64 bits per heavy atom. The smallest absolute Gasteiger partial charge is 0.451 e. The molecule has 4 rings (SSSR count). The molecule has 3 aromatic rings. The summed E-state index contributed by atoms with van der Waals surface area (Å²) in [5.74, 6) is -1.15. The van der Waals surface area contributed by atoms with E-state index in [1.165, 1.54) is 11.3 Å². The number of thiazole rings is 1. The number of alkyl halides is 3. The zero-order valence-electron chi connectivity index (χ0n) is 19.9. The molecule has 1 aliphatic rings. The van der Waals surface area contributed by atoms with Crippen molar-refractivity contribution in [2.24, 2.45) is 0 Å². The number of hydrogen-bond acceptors (Lipinski definition) is 8.